The van der Waals surface area contributed by atoms with Gasteiger partial charge < -0.3 is 10.2 Å². The Morgan fingerprint density at radius 3 is 2.57 bits per heavy atom. The predicted molar refractivity (Wildman–Crippen MR) is 84.0 cm³/mol. The number of hydrogen-bond acceptors (Lipinski definition) is 3. The molecule has 1 N–H and O–H groups in total. The molecule has 0 fully saturated rings. The molecule has 0 bridgehead atoms. The molecule has 0 saturated carbocycles. The molecule has 0 aliphatic rings. The number of carbonyl (C=O) groups is 2. The van der Waals surface area contributed by atoms with Gasteiger partial charge in [0.15, 0.2) is 0 Å². The van der Waals surface area contributed by atoms with Crippen LogP contribution in [0.2, 0.25) is 0 Å². The lowest BCUT2D eigenvalue weighted by Gasteiger charge is -2.16. The molecule has 1 aromatic carbocycles. The molecule has 0 aliphatic heterocycles. The third kappa shape index (κ3) is 4.37. The zero-order valence-electron chi connectivity index (χ0n) is 11.1. The SMILES string of the molecule is CN(CC(=O)Nc1ccc(F)cc1)C(=O)c1csc(Br)c1. The number of amides is 2. The largest absolute Gasteiger partial charge is 0.332 e. The predicted octanol–water partition coefficient (Wildman–Crippen LogP) is 3.36. The summed E-state index contributed by atoms with van der Waals surface area (Å²) in [7, 11) is 1.55. The minimum absolute atomic E-state index is 0.0797. The van der Waals surface area contributed by atoms with Crippen molar-refractivity contribution < 1.29 is 14.0 Å². The zero-order chi connectivity index (χ0) is 15.4. The number of nitrogens with zero attached hydrogens (tertiary/aromatic N) is 1. The summed E-state index contributed by atoms with van der Waals surface area (Å²) in [6.07, 6.45) is 0. The molecule has 2 aromatic rings. The summed E-state index contributed by atoms with van der Waals surface area (Å²) in [6.45, 7) is -0.0797. The normalized spacial score (nSPS) is 10.2. The Morgan fingerprint density at radius 2 is 2.00 bits per heavy atom. The first-order valence-electron chi connectivity index (χ1n) is 6.00. The number of anilines is 1. The van der Waals surface area contributed by atoms with E-state index in [0.717, 1.165) is 3.79 Å². The van der Waals surface area contributed by atoms with Gasteiger partial charge in [0.1, 0.15) is 5.82 Å². The Morgan fingerprint density at radius 1 is 1.33 bits per heavy atom. The highest BCUT2D eigenvalue weighted by molar-refractivity contribution is 9.11. The summed E-state index contributed by atoms with van der Waals surface area (Å²) in [5.41, 5.74) is 1.02. The van der Waals surface area contributed by atoms with Crippen molar-refractivity contribution in [3.05, 3.63) is 50.9 Å². The maximum absolute atomic E-state index is 12.8. The molecule has 0 aliphatic carbocycles. The summed E-state index contributed by atoms with van der Waals surface area (Å²) in [6, 6.07) is 7.15. The fraction of sp³-hybridized carbons (Fsp3) is 0.143. The van der Waals surface area contributed by atoms with E-state index in [1.807, 2.05) is 0 Å². The van der Waals surface area contributed by atoms with Crippen LogP contribution in [0.5, 0.6) is 0 Å². The minimum Gasteiger partial charge on any atom is -0.332 e. The zero-order valence-corrected chi connectivity index (χ0v) is 13.5. The number of hydrogen-bond donors (Lipinski definition) is 1. The number of nitrogens with one attached hydrogen (secondary N) is 1. The first-order chi connectivity index (χ1) is 9.95. The molecule has 0 unspecified atom stereocenters. The van der Waals surface area contributed by atoms with Gasteiger partial charge in [-0.25, -0.2) is 4.39 Å². The van der Waals surface area contributed by atoms with Gasteiger partial charge in [0.25, 0.3) is 5.91 Å². The van der Waals surface area contributed by atoms with E-state index in [1.165, 1.54) is 40.5 Å². The molecule has 4 nitrogen and oxygen atoms in total. The van der Waals surface area contributed by atoms with E-state index in [2.05, 4.69) is 21.2 Å². The van der Waals surface area contributed by atoms with E-state index in [-0.39, 0.29) is 24.2 Å². The van der Waals surface area contributed by atoms with Crippen molar-refractivity contribution in [2.75, 3.05) is 18.9 Å². The van der Waals surface area contributed by atoms with Gasteiger partial charge in [0, 0.05) is 18.1 Å². The highest BCUT2D eigenvalue weighted by Crippen LogP contribution is 2.21. The van der Waals surface area contributed by atoms with Crippen molar-refractivity contribution in [1.82, 2.24) is 4.90 Å². The lowest BCUT2D eigenvalue weighted by molar-refractivity contribution is -0.116. The van der Waals surface area contributed by atoms with E-state index in [0.29, 0.717) is 11.3 Å². The number of carbonyl (C=O) groups excluding carboxylic acids is 2. The van der Waals surface area contributed by atoms with E-state index >= 15 is 0 Å². The van der Waals surface area contributed by atoms with E-state index < -0.39 is 0 Å². The fourth-order valence-corrected chi connectivity index (χ4v) is 2.79. The van der Waals surface area contributed by atoms with Crippen molar-refractivity contribution in [3.8, 4) is 0 Å². The Kier molecular flexibility index (Phi) is 5.08. The van der Waals surface area contributed by atoms with Gasteiger partial charge in [0.05, 0.1) is 15.9 Å². The Labute approximate surface area is 133 Å². The van der Waals surface area contributed by atoms with Gasteiger partial charge in [0.2, 0.25) is 5.91 Å². The number of halogens is 2. The standard InChI is InChI=1S/C14H12BrFN2O2S/c1-18(14(20)9-6-12(15)21-8-9)7-13(19)17-11-4-2-10(16)3-5-11/h2-6,8H,7H2,1H3,(H,17,19). The Balaban J connectivity index is 1.92. The van der Waals surface area contributed by atoms with Crippen LogP contribution in [-0.4, -0.2) is 30.3 Å². The lowest BCUT2D eigenvalue weighted by atomic mass is 10.3. The van der Waals surface area contributed by atoms with Crippen molar-refractivity contribution in [1.29, 1.82) is 0 Å². The first-order valence-corrected chi connectivity index (χ1v) is 7.68. The van der Waals surface area contributed by atoms with E-state index in [1.54, 1.807) is 18.5 Å². The van der Waals surface area contributed by atoms with Crippen LogP contribution in [0.1, 0.15) is 10.4 Å². The number of benzene rings is 1. The van der Waals surface area contributed by atoms with E-state index in [4.69, 9.17) is 0 Å². The van der Waals surface area contributed by atoms with Crippen molar-refractivity contribution in [3.63, 3.8) is 0 Å². The summed E-state index contributed by atoms with van der Waals surface area (Å²) >= 11 is 4.69. The van der Waals surface area contributed by atoms with E-state index in [9.17, 15) is 14.0 Å². The van der Waals surface area contributed by atoms with Crippen molar-refractivity contribution in [2.24, 2.45) is 0 Å². The molecule has 0 radical (unpaired) electrons. The summed E-state index contributed by atoms with van der Waals surface area (Å²) in [4.78, 5) is 25.2. The van der Waals surface area contributed by atoms with Crippen LogP contribution < -0.4 is 5.32 Å². The fourth-order valence-electron chi connectivity index (χ4n) is 1.66. The van der Waals surface area contributed by atoms with Gasteiger partial charge in [-0.1, -0.05) is 0 Å². The Hall–Kier alpha value is -1.73. The molecule has 21 heavy (non-hydrogen) atoms. The maximum Gasteiger partial charge on any atom is 0.254 e. The average Bonchev–Trinajstić information content (AvgIpc) is 2.87. The third-order valence-electron chi connectivity index (χ3n) is 2.67. The number of thiophene rings is 1. The van der Waals surface area contributed by atoms with Gasteiger partial charge in [-0.05, 0) is 46.3 Å². The second kappa shape index (κ2) is 6.82. The molecule has 2 amide bonds. The molecule has 1 heterocycles. The second-order valence-electron chi connectivity index (χ2n) is 4.36. The third-order valence-corrected chi connectivity index (χ3v) is 4.17. The topological polar surface area (TPSA) is 49.4 Å². The van der Waals surface area contributed by atoms with Gasteiger partial charge in [-0.15, -0.1) is 11.3 Å². The average molecular weight is 371 g/mol. The van der Waals surface area contributed by atoms with Crippen molar-refractivity contribution in [2.45, 2.75) is 0 Å². The molecular weight excluding hydrogens is 359 g/mol. The summed E-state index contributed by atoms with van der Waals surface area (Å²) < 4.78 is 13.6. The molecule has 0 spiro atoms. The molecule has 110 valence electrons. The molecular formula is C14H12BrFN2O2S. The van der Waals surface area contributed by atoms with Gasteiger partial charge in [-0.3, -0.25) is 9.59 Å². The van der Waals surface area contributed by atoms with Crippen molar-refractivity contribution >= 4 is 44.8 Å². The highest BCUT2D eigenvalue weighted by Gasteiger charge is 2.16. The highest BCUT2D eigenvalue weighted by atomic mass is 79.9. The van der Waals surface area contributed by atoms with Crippen LogP contribution in [0.15, 0.2) is 39.5 Å². The van der Waals surface area contributed by atoms with Crippen LogP contribution in [0.25, 0.3) is 0 Å². The second-order valence-corrected chi connectivity index (χ2v) is 6.65. The monoisotopic (exact) mass is 370 g/mol. The smallest absolute Gasteiger partial charge is 0.254 e. The molecule has 7 heteroatoms. The van der Waals surface area contributed by atoms with Gasteiger partial charge >= 0.3 is 0 Å². The number of rotatable bonds is 4. The van der Waals surface area contributed by atoms with Gasteiger partial charge in [-0.2, -0.15) is 0 Å². The van der Waals surface area contributed by atoms with Crippen LogP contribution in [0.4, 0.5) is 10.1 Å². The summed E-state index contributed by atoms with van der Waals surface area (Å²) in [5.74, 6) is -0.943. The minimum atomic E-state index is -0.372. The molecule has 0 saturated heterocycles. The van der Waals surface area contributed by atoms with Crippen LogP contribution in [-0.2, 0) is 4.79 Å². The Bertz CT molecular complexity index is 657. The number of likely N-dealkylation sites (N-methyl/N-ethyl adjacent to an activating group) is 1. The lowest BCUT2D eigenvalue weighted by Crippen LogP contribution is -2.34. The van der Waals surface area contributed by atoms with Crippen LogP contribution >= 0.6 is 27.3 Å². The molecule has 1 aromatic heterocycles. The van der Waals surface area contributed by atoms with Crippen LogP contribution in [0, 0.1) is 5.82 Å². The first kappa shape index (κ1) is 15.7. The quantitative estimate of drug-likeness (QED) is 0.896. The molecule has 2 rings (SSSR count). The molecule has 0 atom stereocenters. The van der Waals surface area contributed by atoms with Crippen LogP contribution in [0.3, 0.4) is 0 Å². The summed E-state index contributed by atoms with van der Waals surface area (Å²) in [5, 5.41) is 4.33. The maximum atomic E-state index is 12.8.